The molecule has 1 fully saturated rings. The minimum Gasteiger partial charge on any atom is -0.492 e. The van der Waals surface area contributed by atoms with Crippen LogP contribution in [0.15, 0.2) is 24.3 Å². The SMILES string of the molecule is CCCN(CCOc1ccccc1CNC)C1CC1. The molecule has 0 spiro atoms. The van der Waals surface area contributed by atoms with E-state index in [9.17, 15) is 0 Å². The highest BCUT2D eigenvalue weighted by atomic mass is 16.5. The molecule has 1 aliphatic rings. The predicted molar refractivity (Wildman–Crippen MR) is 79.6 cm³/mol. The fraction of sp³-hybridized carbons (Fsp3) is 0.625. The molecule has 0 aliphatic heterocycles. The van der Waals surface area contributed by atoms with E-state index in [1.54, 1.807) is 0 Å². The zero-order valence-corrected chi connectivity index (χ0v) is 12.2. The number of hydrogen-bond donors (Lipinski definition) is 1. The van der Waals surface area contributed by atoms with Gasteiger partial charge in [0.1, 0.15) is 12.4 Å². The van der Waals surface area contributed by atoms with Gasteiger partial charge in [-0.1, -0.05) is 25.1 Å². The van der Waals surface area contributed by atoms with Crippen LogP contribution in [0.5, 0.6) is 5.75 Å². The molecule has 19 heavy (non-hydrogen) atoms. The van der Waals surface area contributed by atoms with Gasteiger partial charge in [-0.3, -0.25) is 4.90 Å². The number of nitrogens with one attached hydrogen (secondary N) is 1. The Balaban J connectivity index is 1.81. The highest BCUT2D eigenvalue weighted by Crippen LogP contribution is 2.26. The Labute approximate surface area is 116 Å². The fourth-order valence-corrected chi connectivity index (χ4v) is 2.46. The van der Waals surface area contributed by atoms with E-state index in [0.29, 0.717) is 0 Å². The average molecular weight is 262 g/mol. The maximum atomic E-state index is 5.96. The summed E-state index contributed by atoms with van der Waals surface area (Å²) in [6.07, 6.45) is 3.97. The number of hydrogen-bond acceptors (Lipinski definition) is 3. The van der Waals surface area contributed by atoms with Gasteiger partial charge in [0.25, 0.3) is 0 Å². The molecular formula is C16H26N2O. The van der Waals surface area contributed by atoms with Crippen LogP contribution >= 0.6 is 0 Å². The van der Waals surface area contributed by atoms with Crippen molar-refractivity contribution in [1.29, 1.82) is 0 Å². The monoisotopic (exact) mass is 262 g/mol. The predicted octanol–water partition coefficient (Wildman–Crippen LogP) is 2.66. The lowest BCUT2D eigenvalue weighted by molar-refractivity contribution is 0.201. The molecule has 3 heteroatoms. The molecule has 1 aromatic rings. The van der Waals surface area contributed by atoms with Crippen LogP contribution in [-0.4, -0.2) is 37.7 Å². The van der Waals surface area contributed by atoms with Crippen molar-refractivity contribution >= 4 is 0 Å². The van der Waals surface area contributed by atoms with Crippen molar-refractivity contribution in [2.45, 2.75) is 38.8 Å². The first-order valence-electron chi connectivity index (χ1n) is 7.44. The summed E-state index contributed by atoms with van der Waals surface area (Å²) in [5, 5.41) is 3.18. The van der Waals surface area contributed by atoms with Gasteiger partial charge in [0, 0.05) is 24.7 Å². The van der Waals surface area contributed by atoms with Gasteiger partial charge in [-0.2, -0.15) is 0 Å². The van der Waals surface area contributed by atoms with Crippen molar-refractivity contribution in [3.8, 4) is 5.75 Å². The zero-order valence-electron chi connectivity index (χ0n) is 12.2. The van der Waals surface area contributed by atoms with Gasteiger partial charge in [-0.15, -0.1) is 0 Å². The van der Waals surface area contributed by atoms with Crippen LogP contribution in [0.25, 0.3) is 0 Å². The summed E-state index contributed by atoms with van der Waals surface area (Å²) in [6, 6.07) is 9.12. The summed E-state index contributed by atoms with van der Waals surface area (Å²) in [7, 11) is 1.97. The minimum absolute atomic E-state index is 0.789. The van der Waals surface area contributed by atoms with Crippen LogP contribution in [0.4, 0.5) is 0 Å². The van der Waals surface area contributed by atoms with Gasteiger partial charge < -0.3 is 10.1 Å². The van der Waals surface area contributed by atoms with Crippen molar-refractivity contribution in [2.75, 3.05) is 26.7 Å². The minimum atomic E-state index is 0.789. The molecule has 0 aromatic heterocycles. The van der Waals surface area contributed by atoms with E-state index >= 15 is 0 Å². The summed E-state index contributed by atoms with van der Waals surface area (Å²) < 4.78 is 5.96. The Hall–Kier alpha value is -1.06. The van der Waals surface area contributed by atoms with E-state index < -0.39 is 0 Å². The summed E-state index contributed by atoms with van der Waals surface area (Å²) in [6.45, 7) is 6.14. The molecule has 0 atom stereocenters. The van der Waals surface area contributed by atoms with Crippen molar-refractivity contribution in [3.05, 3.63) is 29.8 Å². The Kier molecular flexibility index (Phi) is 5.67. The highest BCUT2D eigenvalue weighted by Gasteiger charge is 2.27. The third kappa shape index (κ3) is 4.51. The molecule has 0 radical (unpaired) electrons. The lowest BCUT2D eigenvalue weighted by Gasteiger charge is -2.21. The van der Waals surface area contributed by atoms with E-state index in [1.807, 2.05) is 13.1 Å². The number of para-hydroxylation sites is 1. The largest absolute Gasteiger partial charge is 0.492 e. The third-order valence-electron chi connectivity index (χ3n) is 3.55. The van der Waals surface area contributed by atoms with E-state index in [0.717, 1.165) is 31.5 Å². The first kappa shape index (κ1) is 14.4. The topological polar surface area (TPSA) is 24.5 Å². The molecule has 2 rings (SSSR count). The van der Waals surface area contributed by atoms with Crippen LogP contribution in [0.1, 0.15) is 31.7 Å². The summed E-state index contributed by atoms with van der Waals surface area (Å²) in [5.74, 6) is 1.02. The van der Waals surface area contributed by atoms with E-state index in [1.165, 1.54) is 31.4 Å². The van der Waals surface area contributed by atoms with Crippen molar-refractivity contribution in [1.82, 2.24) is 10.2 Å². The molecule has 0 unspecified atom stereocenters. The second-order valence-corrected chi connectivity index (χ2v) is 5.25. The average Bonchev–Trinajstić information content (AvgIpc) is 3.24. The first-order valence-corrected chi connectivity index (χ1v) is 7.44. The quantitative estimate of drug-likeness (QED) is 0.740. The van der Waals surface area contributed by atoms with E-state index in [2.05, 4.69) is 35.3 Å². The number of benzene rings is 1. The van der Waals surface area contributed by atoms with Crippen molar-refractivity contribution < 1.29 is 4.74 Å². The molecule has 1 saturated carbocycles. The lowest BCUT2D eigenvalue weighted by Crippen LogP contribution is -2.31. The number of nitrogens with zero attached hydrogens (tertiary/aromatic N) is 1. The molecule has 3 nitrogen and oxygen atoms in total. The third-order valence-corrected chi connectivity index (χ3v) is 3.55. The number of rotatable bonds is 9. The van der Waals surface area contributed by atoms with E-state index in [-0.39, 0.29) is 0 Å². The molecule has 1 N–H and O–H groups in total. The molecule has 0 saturated heterocycles. The van der Waals surface area contributed by atoms with Crippen molar-refractivity contribution in [2.24, 2.45) is 0 Å². The van der Waals surface area contributed by atoms with Gasteiger partial charge in [0.05, 0.1) is 0 Å². The van der Waals surface area contributed by atoms with Gasteiger partial charge in [-0.25, -0.2) is 0 Å². The lowest BCUT2D eigenvalue weighted by atomic mass is 10.2. The maximum Gasteiger partial charge on any atom is 0.123 e. The molecular weight excluding hydrogens is 236 g/mol. The van der Waals surface area contributed by atoms with Crippen molar-refractivity contribution in [3.63, 3.8) is 0 Å². The molecule has 0 amide bonds. The Morgan fingerprint density at radius 1 is 1.26 bits per heavy atom. The Morgan fingerprint density at radius 3 is 2.74 bits per heavy atom. The smallest absolute Gasteiger partial charge is 0.123 e. The summed E-state index contributed by atoms with van der Waals surface area (Å²) in [4.78, 5) is 2.57. The Bertz CT molecular complexity index is 377. The second-order valence-electron chi connectivity index (χ2n) is 5.25. The van der Waals surface area contributed by atoms with Crippen LogP contribution < -0.4 is 10.1 Å². The maximum absolute atomic E-state index is 5.96. The summed E-state index contributed by atoms with van der Waals surface area (Å²) in [5.41, 5.74) is 1.23. The molecule has 0 bridgehead atoms. The number of ether oxygens (including phenoxy) is 1. The summed E-state index contributed by atoms with van der Waals surface area (Å²) >= 11 is 0. The van der Waals surface area contributed by atoms with Gasteiger partial charge >= 0.3 is 0 Å². The Morgan fingerprint density at radius 2 is 2.05 bits per heavy atom. The van der Waals surface area contributed by atoms with Gasteiger partial charge in [0.2, 0.25) is 0 Å². The van der Waals surface area contributed by atoms with Crippen LogP contribution in [0, 0.1) is 0 Å². The second kappa shape index (κ2) is 7.51. The van der Waals surface area contributed by atoms with E-state index in [4.69, 9.17) is 4.74 Å². The normalized spacial score (nSPS) is 14.9. The van der Waals surface area contributed by atoms with Gasteiger partial charge in [-0.05, 0) is 38.9 Å². The molecule has 106 valence electrons. The van der Waals surface area contributed by atoms with Crippen LogP contribution in [-0.2, 0) is 6.54 Å². The van der Waals surface area contributed by atoms with Crippen LogP contribution in [0.3, 0.4) is 0 Å². The first-order chi connectivity index (χ1) is 9.35. The molecule has 1 aliphatic carbocycles. The highest BCUT2D eigenvalue weighted by molar-refractivity contribution is 5.33. The van der Waals surface area contributed by atoms with Gasteiger partial charge in [0.15, 0.2) is 0 Å². The van der Waals surface area contributed by atoms with Crippen LogP contribution in [0.2, 0.25) is 0 Å². The zero-order chi connectivity index (χ0) is 13.5. The fourth-order valence-electron chi connectivity index (χ4n) is 2.46. The molecule has 0 heterocycles. The molecule has 1 aromatic carbocycles. The standard InChI is InChI=1S/C16H26N2O/c1-3-10-18(15-8-9-15)11-12-19-16-7-5-4-6-14(16)13-17-2/h4-7,15,17H,3,8-13H2,1-2H3.